The Bertz CT molecular complexity index is 1250. The summed E-state index contributed by atoms with van der Waals surface area (Å²) in [6.07, 6.45) is 1.41. The first-order valence-corrected chi connectivity index (χ1v) is 10.6. The monoisotopic (exact) mass is 474 g/mol. The molecular weight excluding hydrogens is 451 g/mol. The number of aliphatic hydroxyl groups is 1. The fourth-order valence-electron chi connectivity index (χ4n) is 3.64. The standard InChI is InChI=1S/C22H24ClFN6O3/c1-22(2,33)17(24)11-29-10-12-7-15(16(28(3)4)8-13(12)21(29)32)26-20(31)14-9-25-30-6-5-18(23)27-19(14)30/h5-9,17,33H,10-11H2,1-4H3,(H,26,31)/t17-/m1/s1. The lowest BCUT2D eigenvalue weighted by Crippen LogP contribution is -2.42. The molecule has 33 heavy (non-hydrogen) atoms. The van der Waals surface area contributed by atoms with E-state index in [1.165, 1.54) is 29.5 Å². The minimum absolute atomic E-state index is 0.176. The molecule has 1 aromatic carbocycles. The van der Waals surface area contributed by atoms with E-state index in [1.54, 1.807) is 43.4 Å². The number of anilines is 2. The Morgan fingerprint density at radius 1 is 1.39 bits per heavy atom. The lowest BCUT2D eigenvalue weighted by molar-refractivity contribution is -0.0159. The van der Waals surface area contributed by atoms with Crippen LogP contribution in [0, 0.1) is 0 Å². The lowest BCUT2D eigenvalue weighted by Gasteiger charge is -2.26. The van der Waals surface area contributed by atoms with Crippen molar-refractivity contribution < 1.29 is 19.1 Å². The van der Waals surface area contributed by atoms with Crippen LogP contribution in [0.2, 0.25) is 5.15 Å². The molecule has 0 aliphatic carbocycles. The minimum atomic E-state index is -1.60. The molecule has 3 aromatic rings. The maximum absolute atomic E-state index is 14.4. The van der Waals surface area contributed by atoms with Crippen LogP contribution in [-0.4, -0.2) is 68.8 Å². The average molecular weight is 475 g/mol. The van der Waals surface area contributed by atoms with E-state index in [0.29, 0.717) is 28.1 Å². The number of nitrogens with one attached hydrogen (secondary N) is 1. The third-order valence-electron chi connectivity index (χ3n) is 5.56. The molecule has 1 aliphatic heterocycles. The molecule has 174 valence electrons. The highest BCUT2D eigenvalue weighted by Gasteiger charge is 2.35. The number of carbonyl (C=O) groups excluding carboxylic acids is 2. The van der Waals surface area contributed by atoms with Gasteiger partial charge in [0.15, 0.2) is 5.65 Å². The van der Waals surface area contributed by atoms with E-state index in [2.05, 4.69) is 15.4 Å². The van der Waals surface area contributed by atoms with Crippen LogP contribution < -0.4 is 10.2 Å². The normalized spacial score (nSPS) is 14.5. The molecule has 4 rings (SSSR count). The SMILES string of the molecule is CN(C)c1cc2c(cc1NC(=O)c1cnn3ccc(Cl)nc13)CN(C[C@@H](F)C(C)(C)O)C2=O. The van der Waals surface area contributed by atoms with Crippen molar-refractivity contribution in [2.75, 3.05) is 30.9 Å². The zero-order valence-electron chi connectivity index (χ0n) is 18.6. The number of carbonyl (C=O) groups is 2. The van der Waals surface area contributed by atoms with Crippen LogP contribution in [0.5, 0.6) is 0 Å². The molecule has 11 heteroatoms. The van der Waals surface area contributed by atoms with Crippen LogP contribution in [-0.2, 0) is 6.54 Å². The topological polar surface area (TPSA) is 103 Å². The van der Waals surface area contributed by atoms with Gasteiger partial charge in [-0.1, -0.05) is 11.6 Å². The molecule has 2 amide bonds. The van der Waals surface area contributed by atoms with E-state index in [4.69, 9.17) is 11.6 Å². The highest BCUT2D eigenvalue weighted by molar-refractivity contribution is 6.29. The molecule has 0 spiro atoms. The van der Waals surface area contributed by atoms with Gasteiger partial charge in [-0.3, -0.25) is 9.59 Å². The number of hydrogen-bond acceptors (Lipinski definition) is 6. The average Bonchev–Trinajstić information content (AvgIpc) is 3.27. The summed E-state index contributed by atoms with van der Waals surface area (Å²) in [6, 6.07) is 4.95. The lowest BCUT2D eigenvalue weighted by atomic mass is 10.0. The number of aromatic nitrogens is 3. The largest absolute Gasteiger partial charge is 0.387 e. The summed E-state index contributed by atoms with van der Waals surface area (Å²) in [7, 11) is 3.58. The number of halogens is 2. The highest BCUT2D eigenvalue weighted by atomic mass is 35.5. The van der Waals surface area contributed by atoms with E-state index in [0.717, 1.165) is 0 Å². The van der Waals surface area contributed by atoms with Crippen molar-refractivity contribution in [2.45, 2.75) is 32.2 Å². The number of rotatable bonds is 6. The maximum atomic E-state index is 14.4. The smallest absolute Gasteiger partial charge is 0.261 e. The van der Waals surface area contributed by atoms with Crippen molar-refractivity contribution in [3.63, 3.8) is 0 Å². The Balaban J connectivity index is 1.64. The van der Waals surface area contributed by atoms with E-state index < -0.39 is 17.7 Å². The van der Waals surface area contributed by atoms with E-state index in [1.807, 2.05) is 0 Å². The Morgan fingerprint density at radius 3 is 2.79 bits per heavy atom. The number of benzene rings is 1. The fraction of sp³-hybridized carbons (Fsp3) is 0.364. The van der Waals surface area contributed by atoms with Crippen molar-refractivity contribution in [3.05, 3.63) is 52.4 Å². The predicted molar refractivity (Wildman–Crippen MR) is 123 cm³/mol. The minimum Gasteiger partial charge on any atom is -0.387 e. The summed E-state index contributed by atoms with van der Waals surface area (Å²) in [5.74, 6) is -0.755. The van der Waals surface area contributed by atoms with Crippen LogP contribution in [0.4, 0.5) is 15.8 Å². The zero-order chi connectivity index (χ0) is 24.1. The van der Waals surface area contributed by atoms with Crippen molar-refractivity contribution in [3.8, 4) is 0 Å². The Hall–Kier alpha value is -3.24. The molecule has 0 unspecified atom stereocenters. The molecule has 1 aliphatic rings. The van der Waals surface area contributed by atoms with Crippen molar-refractivity contribution in [1.29, 1.82) is 0 Å². The number of fused-ring (bicyclic) bond motifs is 2. The van der Waals surface area contributed by atoms with Gasteiger partial charge in [-0.05, 0) is 37.6 Å². The van der Waals surface area contributed by atoms with Gasteiger partial charge in [0.2, 0.25) is 0 Å². The number of alkyl halides is 1. The van der Waals surface area contributed by atoms with Crippen LogP contribution in [0.3, 0.4) is 0 Å². The highest BCUT2D eigenvalue weighted by Crippen LogP contribution is 2.34. The van der Waals surface area contributed by atoms with Crippen LogP contribution in [0.15, 0.2) is 30.6 Å². The summed E-state index contributed by atoms with van der Waals surface area (Å²) in [4.78, 5) is 33.2. The van der Waals surface area contributed by atoms with Crippen LogP contribution >= 0.6 is 11.6 Å². The van der Waals surface area contributed by atoms with E-state index in [-0.39, 0.29) is 29.7 Å². The quantitative estimate of drug-likeness (QED) is 0.532. The molecule has 1 atom stereocenters. The predicted octanol–water partition coefficient (Wildman–Crippen LogP) is 2.77. The van der Waals surface area contributed by atoms with Gasteiger partial charge in [0, 0.05) is 32.4 Å². The third kappa shape index (κ3) is 4.36. The molecule has 2 N–H and O–H groups in total. The second-order valence-electron chi connectivity index (χ2n) is 8.76. The molecule has 0 fully saturated rings. The van der Waals surface area contributed by atoms with Gasteiger partial charge in [-0.2, -0.15) is 5.10 Å². The second kappa shape index (κ2) is 8.27. The Morgan fingerprint density at radius 2 is 2.12 bits per heavy atom. The van der Waals surface area contributed by atoms with Gasteiger partial charge in [0.05, 0.1) is 29.7 Å². The van der Waals surface area contributed by atoms with Gasteiger partial charge >= 0.3 is 0 Å². The molecule has 2 aromatic heterocycles. The van der Waals surface area contributed by atoms with Gasteiger partial charge in [0.1, 0.15) is 16.9 Å². The summed E-state index contributed by atoms with van der Waals surface area (Å²) in [6.45, 7) is 2.68. The van der Waals surface area contributed by atoms with Crippen molar-refractivity contribution >= 4 is 40.4 Å². The van der Waals surface area contributed by atoms with Gasteiger partial charge < -0.3 is 20.2 Å². The number of hydrogen-bond donors (Lipinski definition) is 2. The van der Waals surface area contributed by atoms with Gasteiger partial charge in [-0.15, -0.1) is 0 Å². The number of nitrogens with zero attached hydrogens (tertiary/aromatic N) is 5. The molecule has 9 nitrogen and oxygen atoms in total. The zero-order valence-corrected chi connectivity index (χ0v) is 19.4. The summed E-state index contributed by atoms with van der Waals surface area (Å²) in [5.41, 5.74) is 1.18. The number of amides is 2. The summed E-state index contributed by atoms with van der Waals surface area (Å²) >= 11 is 5.97. The molecule has 0 radical (unpaired) electrons. The molecule has 0 saturated carbocycles. The first kappa shape index (κ1) is 22.9. The summed E-state index contributed by atoms with van der Waals surface area (Å²) in [5, 5.41) is 17.1. The summed E-state index contributed by atoms with van der Waals surface area (Å²) < 4.78 is 15.8. The fourth-order valence-corrected chi connectivity index (χ4v) is 3.78. The van der Waals surface area contributed by atoms with Crippen molar-refractivity contribution in [2.24, 2.45) is 0 Å². The van der Waals surface area contributed by atoms with Gasteiger partial charge in [-0.25, -0.2) is 13.9 Å². The second-order valence-corrected chi connectivity index (χ2v) is 9.15. The first-order valence-electron chi connectivity index (χ1n) is 10.3. The molecule has 0 bridgehead atoms. The Labute approximate surface area is 194 Å². The first-order chi connectivity index (χ1) is 15.5. The van der Waals surface area contributed by atoms with Gasteiger partial charge in [0.25, 0.3) is 11.8 Å². The van der Waals surface area contributed by atoms with E-state index in [9.17, 15) is 19.1 Å². The van der Waals surface area contributed by atoms with Crippen molar-refractivity contribution in [1.82, 2.24) is 19.5 Å². The van der Waals surface area contributed by atoms with E-state index >= 15 is 0 Å². The maximum Gasteiger partial charge on any atom is 0.261 e. The Kier molecular flexibility index (Phi) is 5.75. The third-order valence-corrected chi connectivity index (χ3v) is 5.77. The van der Waals surface area contributed by atoms with Crippen LogP contribution in [0.1, 0.15) is 40.1 Å². The molecular formula is C22H24ClFN6O3. The molecule has 0 saturated heterocycles. The molecule has 3 heterocycles. The van der Waals surface area contributed by atoms with Crippen LogP contribution in [0.25, 0.3) is 5.65 Å².